The Hall–Kier alpha value is -0.870. The van der Waals surface area contributed by atoms with Gasteiger partial charge in [-0.1, -0.05) is 13.8 Å². The summed E-state index contributed by atoms with van der Waals surface area (Å²) >= 11 is 1.53. The highest BCUT2D eigenvalue weighted by atomic mass is 32.1. The van der Waals surface area contributed by atoms with Gasteiger partial charge >= 0.3 is 5.97 Å². The van der Waals surface area contributed by atoms with Crippen molar-refractivity contribution in [1.29, 1.82) is 0 Å². The molecule has 0 saturated carbocycles. The number of aryl methyl sites for hydroxylation is 1. The number of aliphatic hydroxyl groups is 1. The van der Waals surface area contributed by atoms with E-state index in [1.165, 1.54) is 11.3 Å². The molecule has 1 aromatic heterocycles. The zero-order valence-corrected chi connectivity index (χ0v) is 9.97. The Morgan fingerprint density at radius 3 is 2.53 bits per heavy atom. The summed E-state index contributed by atoms with van der Waals surface area (Å²) in [5.74, 6) is -1.53. The van der Waals surface area contributed by atoms with Crippen LogP contribution in [0.1, 0.15) is 35.9 Å². The van der Waals surface area contributed by atoms with Gasteiger partial charge in [0, 0.05) is 15.7 Å². The lowest BCUT2D eigenvalue weighted by Gasteiger charge is -2.27. The average molecular weight is 228 g/mol. The molecule has 0 radical (unpaired) electrons. The Labute approximate surface area is 93.4 Å². The number of carbonyl (C=O) groups is 1. The zero-order chi connectivity index (χ0) is 11.6. The Kier molecular flexibility index (Phi) is 3.52. The fraction of sp³-hybridized carbons (Fsp3) is 0.545. The standard InChI is InChI=1S/C11H16O3S/c1-4-11(14,10(12)13)8(3)9-6-5-7(2)15-9/h5-6,8,14H,4H2,1-3H3,(H,12,13). The van der Waals surface area contributed by atoms with Crippen molar-refractivity contribution in [3.63, 3.8) is 0 Å². The fourth-order valence-electron chi connectivity index (χ4n) is 1.56. The quantitative estimate of drug-likeness (QED) is 0.832. The summed E-state index contributed by atoms with van der Waals surface area (Å²) < 4.78 is 0. The third-order valence-electron chi connectivity index (χ3n) is 2.81. The largest absolute Gasteiger partial charge is 0.479 e. The third kappa shape index (κ3) is 2.21. The second kappa shape index (κ2) is 4.33. The van der Waals surface area contributed by atoms with Crippen LogP contribution in [-0.2, 0) is 4.79 Å². The number of aliphatic carboxylic acids is 1. The number of rotatable bonds is 4. The maximum absolute atomic E-state index is 11.0. The Morgan fingerprint density at radius 2 is 2.20 bits per heavy atom. The summed E-state index contributed by atoms with van der Waals surface area (Å²) in [6, 6.07) is 3.82. The first-order valence-corrected chi connectivity index (χ1v) is 5.75. The minimum Gasteiger partial charge on any atom is -0.479 e. The van der Waals surface area contributed by atoms with Crippen molar-refractivity contribution >= 4 is 17.3 Å². The highest BCUT2D eigenvalue weighted by Gasteiger charge is 2.41. The van der Waals surface area contributed by atoms with Crippen LogP contribution in [0.4, 0.5) is 0 Å². The predicted molar refractivity (Wildman–Crippen MR) is 60.3 cm³/mol. The second-order valence-electron chi connectivity index (χ2n) is 3.75. The topological polar surface area (TPSA) is 57.5 Å². The van der Waals surface area contributed by atoms with Crippen LogP contribution >= 0.6 is 11.3 Å². The molecule has 0 saturated heterocycles. The van der Waals surface area contributed by atoms with E-state index in [4.69, 9.17) is 5.11 Å². The second-order valence-corrected chi connectivity index (χ2v) is 5.07. The molecule has 2 N–H and O–H groups in total. The van der Waals surface area contributed by atoms with Crippen LogP contribution < -0.4 is 0 Å². The maximum atomic E-state index is 11.0. The SMILES string of the molecule is CCC(O)(C(=O)O)C(C)c1ccc(C)s1. The van der Waals surface area contributed by atoms with Crippen LogP contribution in [0, 0.1) is 6.92 Å². The first kappa shape index (κ1) is 12.2. The predicted octanol–water partition coefficient (Wildman–Crippen LogP) is 2.39. The van der Waals surface area contributed by atoms with E-state index in [2.05, 4.69) is 0 Å². The normalized spacial score (nSPS) is 17.1. The lowest BCUT2D eigenvalue weighted by Crippen LogP contribution is -2.42. The van der Waals surface area contributed by atoms with Gasteiger partial charge in [-0.15, -0.1) is 11.3 Å². The molecule has 0 spiro atoms. The molecule has 1 heterocycles. The van der Waals surface area contributed by atoms with Gasteiger partial charge in [-0.2, -0.15) is 0 Å². The van der Waals surface area contributed by atoms with Gasteiger partial charge in [-0.25, -0.2) is 4.79 Å². The van der Waals surface area contributed by atoms with E-state index in [9.17, 15) is 9.90 Å². The van der Waals surface area contributed by atoms with Gasteiger partial charge in [0.05, 0.1) is 0 Å². The molecule has 0 fully saturated rings. The highest BCUT2D eigenvalue weighted by molar-refractivity contribution is 7.12. The van der Waals surface area contributed by atoms with Crippen LogP contribution in [0.2, 0.25) is 0 Å². The number of carboxylic acid groups (broad SMARTS) is 1. The Balaban J connectivity index is 3.01. The van der Waals surface area contributed by atoms with E-state index in [1.807, 2.05) is 19.1 Å². The van der Waals surface area contributed by atoms with Crippen molar-refractivity contribution in [3.05, 3.63) is 21.9 Å². The first-order chi connectivity index (χ1) is 6.91. The molecular formula is C11H16O3S. The van der Waals surface area contributed by atoms with E-state index in [-0.39, 0.29) is 12.3 Å². The van der Waals surface area contributed by atoms with E-state index >= 15 is 0 Å². The molecule has 4 heteroatoms. The summed E-state index contributed by atoms with van der Waals surface area (Å²) in [6.45, 7) is 5.40. The van der Waals surface area contributed by atoms with E-state index in [0.717, 1.165) is 9.75 Å². The van der Waals surface area contributed by atoms with Gasteiger partial charge in [-0.3, -0.25) is 0 Å². The van der Waals surface area contributed by atoms with E-state index < -0.39 is 11.6 Å². The molecule has 0 aliphatic rings. The monoisotopic (exact) mass is 228 g/mol. The van der Waals surface area contributed by atoms with Crippen LogP contribution in [0.25, 0.3) is 0 Å². The van der Waals surface area contributed by atoms with Crippen molar-refractivity contribution in [2.75, 3.05) is 0 Å². The molecular weight excluding hydrogens is 212 g/mol. The minimum atomic E-state index is -1.66. The summed E-state index contributed by atoms with van der Waals surface area (Å²) in [6.07, 6.45) is 0.209. The van der Waals surface area contributed by atoms with Crippen LogP contribution in [0.3, 0.4) is 0 Å². The zero-order valence-electron chi connectivity index (χ0n) is 9.15. The van der Waals surface area contributed by atoms with Gasteiger partial charge < -0.3 is 10.2 Å². The maximum Gasteiger partial charge on any atom is 0.336 e. The number of hydrogen-bond donors (Lipinski definition) is 2. The molecule has 15 heavy (non-hydrogen) atoms. The molecule has 0 amide bonds. The molecule has 1 rings (SSSR count). The van der Waals surface area contributed by atoms with Crippen LogP contribution in [-0.4, -0.2) is 21.8 Å². The third-order valence-corrected chi connectivity index (χ3v) is 4.00. The summed E-state index contributed by atoms with van der Waals surface area (Å²) in [5, 5.41) is 19.1. The number of carboxylic acids is 1. The van der Waals surface area contributed by atoms with E-state index in [0.29, 0.717) is 0 Å². The van der Waals surface area contributed by atoms with Crippen LogP contribution in [0.5, 0.6) is 0 Å². The van der Waals surface area contributed by atoms with Crippen molar-refractivity contribution in [3.8, 4) is 0 Å². The summed E-state index contributed by atoms with van der Waals surface area (Å²) in [4.78, 5) is 13.1. The lowest BCUT2D eigenvalue weighted by atomic mass is 9.85. The molecule has 2 unspecified atom stereocenters. The van der Waals surface area contributed by atoms with Crippen molar-refractivity contribution in [2.45, 2.75) is 38.7 Å². The van der Waals surface area contributed by atoms with Gasteiger partial charge in [0.2, 0.25) is 0 Å². The molecule has 2 atom stereocenters. The van der Waals surface area contributed by atoms with Gasteiger partial charge in [0.15, 0.2) is 5.60 Å². The molecule has 0 aromatic carbocycles. The smallest absolute Gasteiger partial charge is 0.336 e. The molecule has 0 bridgehead atoms. The number of hydrogen-bond acceptors (Lipinski definition) is 3. The Bertz CT molecular complexity index is 358. The number of thiophene rings is 1. The highest BCUT2D eigenvalue weighted by Crippen LogP contribution is 2.34. The summed E-state index contributed by atoms with van der Waals surface area (Å²) in [7, 11) is 0. The van der Waals surface area contributed by atoms with Gasteiger partial charge in [-0.05, 0) is 25.5 Å². The average Bonchev–Trinajstić information content (AvgIpc) is 2.62. The van der Waals surface area contributed by atoms with Gasteiger partial charge in [0.25, 0.3) is 0 Å². The van der Waals surface area contributed by atoms with Gasteiger partial charge in [0.1, 0.15) is 0 Å². The first-order valence-electron chi connectivity index (χ1n) is 4.94. The van der Waals surface area contributed by atoms with Crippen LogP contribution in [0.15, 0.2) is 12.1 Å². The van der Waals surface area contributed by atoms with E-state index in [1.54, 1.807) is 13.8 Å². The minimum absolute atomic E-state index is 0.209. The molecule has 3 nitrogen and oxygen atoms in total. The fourth-order valence-corrected chi connectivity index (χ4v) is 2.58. The molecule has 84 valence electrons. The molecule has 0 aliphatic heterocycles. The Morgan fingerprint density at radius 1 is 1.60 bits per heavy atom. The van der Waals surface area contributed by atoms with Crippen molar-refractivity contribution < 1.29 is 15.0 Å². The summed E-state index contributed by atoms with van der Waals surface area (Å²) in [5.41, 5.74) is -1.66. The molecule has 1 aromatic rings. The van der Waals surface area contributed by atoms with Crippen molar-refractivity contribution in [2.24, 2.45) is 0 Å². The molecule has 0 aliphatic carbocycles. The van der Waals surface area contributed by atoms with Crippen molar-refractivity contribution in [1.82, 2.24) is 0 Å². The lowest BCUT2D eigenvalue weighted by molar-refractivity contribution is -0.161.